The number of hydrogen-bond donors (Lipinski definition) is 2. The smallest absolute Gasteiger partial charge is 0.248 e. The molecule has 0 spiro atoms. The van der Waals surface area contributed by atoms with Crippen molar-refractivity contribution in [3.8, 4) is 0 Å². The molecule has 6 nitrogen and oxygen atoms in total. The van der Waals surface area contributed by atoms with Gasteiger partial charge in [-0.2, -0.15) is 0 Å². The van der Waals surface area contributed by atoms with E-state index < -0.39 is 5.91 Å². The molecule has 1 heterocycles. The van der Waals surface area contributed by atoms with Crippen molar-refractivity contribution in [3.63, 3.8) is 0 Å². The van der Waals surface area contributed by atoms with Gasteiger partial charge in [-0.15, -0.1) is 0 Å². The largest absolute Gasteiger partial charge is 0.366 e. The predicted molar refractivity (Wildman–Crippen MR) is 106 cm³/mol. The average molecular weight is 384 g/mol. The number of piperazine rings is 1. The minimum absolute atomic E-state index is 0.102. The summed E-state index contributed by atoms with van der Waals surface area (Å²) in [6.45, 7) is 5.48. The molecule has 3 rings (SSSR count). The van der Waals surface area contributed by atoms with E-state index in [0.717, 1.165) is 26.2 Å². The third-order valence-electron chi connectivity index (χ3n) is 5.12. The normalized spacial score (nSPS) is 16.5. The number of halogens is 1. The Kier molecular flexibility index (Phi) is 6.38. The van der Waals surface area contributed by atoms with Crippen molar-refractivity contribution in [2.24, 2.45) is 5.73 Å². The van der Waals surface area contributed by atoms with E-state index in [1.54, 1.807) is 36.4 Å². The molecule has 2 aromatic rings. The van der Waals surface area contributed by atoms with Crippen LogP contribution >= 0.6 is 0 Å². The van der Waals surface area contributed by atoms with E-state index in [9.17, 15) is 14.0 Å². The van der Waals surface area contributed by atoms with Crippen LogP contribution < -0.4 is 11.1 Å². The Balaban J connectivity index is 1.50. The predicted octanol–water partition coefficient (Wildman–Crippen LogP) is 2.07. The van der Waals surface area contributed by atoms with Gasteiger partial charge >= 0.3 is 0 Å². The zero-order valence-corrected chi connectivity index (χ0v) is 15.9. The minimum atomic E-state index is -0.500. The van der Waals surface area contributed by atoms with Crippen LogP contribution in [0.2, 0.25) is 0 Å². The first-order valence-electron chi connectivity index (χ1n) is 9.34. The molecular formula is C21H25FN4O2. The fourth-order valence-corrected chi connectivity index (χ4v) is 3.31. The van der Waals surface area contributed by atoms with Crippen molar-refractivity contribution >= 4 is 17.5 Å². The van der Waals surface area contributed by atoms with Crippen LogP contribution in [0.25, 0.3) is 0 Å². The lowest BCUT2D eigenvalue weighted by atomic mass is 10.1. The van der Waals surface area contributed by atoms with Gasteiger partial charge in [-0.25, -0.2) is 4.39 Å². The fraction of sp³-hybridized carbons (Fsp3) is 0.333. The van der Waals surface area contributed by atoms with Gasteiger partial charge in [-0.3, -0.25) is 19.4 Å². The Labute approximate surface area is 164 Å². The van der Waals surface area contributed by atoms with Gasteiger partial charge < -0.3 is 11.1 Å². The lowest BCUT2D eigenvalue weighted by molar-refractivity contribution is -0.121. The maximum atomic E-state index is 13.8. The molecule has 2 aromatic carbocycles. The summed E-state index contributed by atoms with van der Waals surface area (Å²) in [4.78, 5) is 28.0. The van der Waals surface area contributed by atoms with Crippen molar-refractivity contribution in [1.29, 1.82) is 0 Å². The SMILES string of the molecule is CC(C(=O)Nc1ccc(C(N)=O)cc1)N1CCN(Cc2ccccc2F)CC1. The second kappa shape index (κ2) is 8.95. The van der Waals surface area contributed by atoms with E-state index >= 15 is 0 Å². The molecule has 1 aliphatic heterocycles. The van der Waals surface area contributed by atoms with E-state index in [2.05, 4.69) is 15.1 Å². The molecule has 0 aromatic heterocycles. The van der Waals surface area contributed by atoms with Crippen LogP contribution in [0.5, 0.6) is 0 Å². The van der Waals surface area contributed by atoms with Crippen LogP contribution in [-0.2, 0) is 11.3 Å². The standard InChI is InChI=1S/C21H25FN4O2/c1-15(21(28)24-18-8-6-16(7-9-18)20(23)27)26-12-10-25(11-13-26)14-17-4-2-3-5-19(17)22/h2-9,15H,10-14H2,1H3,(H2,23,27)(H,24,28). The first kappa shape index (κ1) is 20.0. The molecule has 0 bridgehead atoms. The maximum absolute atomic E-state index is 13.8. The van der Waals surface area contributed by atoms with Crippen LogP contribution in [0.3, 0.4) is 0 Å². The van der Waals surface area contributed by atoms with Crippen molar-refractivity contribution in [2.75, 3.05) is 31.5 Å². The van der Waals surface area contributed by atoms with Gasteiger partial charge in [0.1, 0.15) is 5.82 Å². The first-order valence-corrected chi connectivity index (χ1v) is 9.34. The third-order valence-corrected chi connectivity index (χ3v) is 5.12. The van der Waals surface area contributed by atoms with E-state index in [1.165, 1.54) is 6.07 Å². The maximum Gasteiger partial charge on any atom is 0.248 e. The zero-order chi connectivity index (χ0) is 20.1. The van der Waals surface area contributed by atoms with Crippen molar-refractivity contribution in [1.82, 2.24) is 9.80 Å². The molecule has 1 fully saturated rings. The number of amides is 2. The minimum Gasteiger partial charge on any atom is -0.366 e. The molecule has 148 valence electrons. The third kappa shape index (κ3) is 4.94. The molecule has 1 saturated heterocycles. The number of anilines is 1. The number of benzene rings is 2. The Hall–Kier alpha value is -2.77. The van der Waals surface area contributed by atoms with E-state index in [-0.39, 0.29) is 17.8 Å². The first-order chi connectivity index (χ1) is 13.4. The van der Waals surface area contributed by atoms with Gasteiger partial charge in [-0.1, -0.05) is 18.2 Å². The summed E-state index contributed by atoms with van der Waals surface area (Å²) in [5, 5.41) is 2.87. The molecule has 28 heavy (non-hydrogen) atoms. The number of nitrogens with zero attached hydrogens (tertiary/aromatic N) is 2. The Morgan fingerprint density at radius 2 is 1.71 bits per heavy atom. The number of primary amides is 1. The highest BCUT2D eigenvalue weighted by Crippen LogP contribution is 2.15. The highest BCUT2D eigenvalue weighted by molar-refractivity contribution is 5.96. The van der Waals surface area contributed by atoms with Gasteiger partial charge in [0.05, 0.1) is 6.04 Å². The molecule has 1 atom stereocenters. The fourth-order valence-electron chi connectivity index (χ4n) is 3.31. The Morgan fingerprint density at radius 1 is 1.07 bits per heavy atom. The number of nitrogens with two attached hydrogens (primary N) is 1. The highest BCUT2D eigenvalue weighted by atomic mass is 19.1. The molecule has 0 radical (unpaired) electrons. The quantitative estimate of drug-likeness (QED) is 0.799. The second-order valence-corrected chi connectivity index (χ2v) is 7.01. The number of rotatable bonds is 6. The number of carbonyl (C=O) groups excluding carboxylic acids is 2. The number of hydrogen-bond acceptors (Lipinski definition) is 4. The molecule has 0 aliphatic carbocycles. The number of nitrogens with one attached hydrogen (secondary N) is 1. The molecular weight excluding hydrogens is 359 g/mol. The summed E-state index contributed by atoms with van der Waals surface area (Å²) in [5.74, 6) is -0.783. The second-order valence-electron chi connectivity index (χ2n) is 7.01. The summed E-state index contributed by atoms with van der Waals surface area (Å²) in [6, 6.07) is 13.0. The van der Waals surface area contributed by atoms with Crippen molar-refractivity contribution < 1.29 is 14.0 Å². The molecule has 0 saturated carbocycles. The van der Waals surface area contributed by atoms with E-state index in [4.69, 9.17) is 5.73 Å². The van der Waals surface area contributed by atoms with Crippen LogP contribution in [0.15, 0.2) is 48.5 Å². The summed E-state index contributed by atoms with van der Waals surface area (Å²) < 4.78 is 13.8. The molecule has 1 unspecified atom stereocenters. The topological polar surface area (TPSA) is 78.7 Å². The highest BCUT2D eigenvalue weighted by Gasteiger charge is 2.26. The lowest BCUT2D eigenvalue weighted by Gasteiger charge is -2.37. The van der Waals surface area contributed by atoms with Gasteiger partial charge in [-0.05, 0) is 37.3 Å². The summed E-state index contributed by atoms with van der Waals surface area (Å²) >= 11 is 0. The van der Waals surface area contributed by atoms with Gasteiger partial charge in [0.2, 0.25) is 11.8 Å². The van der Waals surface area contributed by atoms with Crippen LogP contribution in [0, 0.1) is 5.82 Å². The van der Waals surface area contributed by atoms with Crippen LogP contribution in [0.4, 0.5) is 10.1 Å². The molecule has 2 amide bonds. The molecule has 1 aliphatic rings. The summed E-state index contributed by atoms with van der Waals surface area (Å²) in [7, 11) is 0. The zero-order valence-electron chi connectivity index (χ0n) is 15.9. The summed E-state index contributed by atoms with van der Waals surface area (Å²) in [6.07, 6.45) is 0. The van der Waals surface area contributed by atoms with Gasteiger partial charge in [0, 0.05) is 49.5 Å². The molecule has 3 N–H and O–H groups in total. The molecule has 7 heteroatoms. The van der Waals surface area contributed by atoms with Gasteiger partial charge in [0.15, 0.2) is 0 Å². The average Bonchev–Trinajstić information content (AvgIpc) is 2.70. The monoisotopic (exact) mass is 384 g/mol. The van der Waals surface area contributed by atoms with E-state index in [0.29, 0.717) is 23.4 Å². The van der Waals surface area contributed by atoms with E-state index in [1.807, 2.05) is 13.0 Å². The lowest BCUT2D eigenvalue weighted by Crippen LogP contribution is -2.52. The van der Waals surface area contributed by atoms with Crippen LogP contribution in [-0.4, -0.2) is 53.8 Å². The van der Waals surface area contributed by atoms with Gasteiger partial charge in [0.25, 0.3) is 0 Å². The number of carbonyl (C=O) groups is 2. The van der Waals surface area contributed by atoms with Crippen LogP contribution in [0.1, 0.15) is 22.8 Å². The van der Waals surface area contributed by atoms with Crippen molar-refractivity contribution in [2.45, 2.75) is 19.5 Å². The Morgan fingerprint density at radius 3 is 2.32 bits per heavy atom. The Bertz CT molecular complexity index is 833. The van der Waals surface area contributed by atoms with Crippen molar-refractivity contribution in [3.05, 3.63) is 65.5 Å². The summed E-state index contributed by atoms with van der Waals surface area (Å²) in [5.41, 5.74) is 6.94.